The predicted molar refractivity (Wildman–Crippen MR) is 89.3 cm³/mol. The van der Waals surface area contributed by atoms with Gasteiger partial charge in [-0.05, 0) is 24.6 Å². The summed E-state index contributed by atoms with van der Waals surface area (Å²) in [6.07, 6.45) is 5.30. The van der Waals surface area contributed by atoms with Crippen LogP contribution in [0.15, 0.2) is 71.2 Å². The molecule has 0 saturated heterocycles. The highest BCUT2D eigenvalue weighted by Gasteiger charge is 2.13. The lowest BCUT2D eigenvalue weighted by molar-refractivity contribution is 0.317. The summed E-state index contributed by atoms with van der Waals surface area (Å²) < 4.78 is 5.72. The molecule has 0 aromatic heterocycles. The third-order valence-corrected chi connectivity index (χ3v) is 3.28. The van der Waals surface area contributed by atoms with Gasteiger partial charge in [0.15, 0.2) is 0 Å². The van der Waals surface area contributed by atoms with Crippen LogP contribution in [0.3, 0.4) is 0 Å². The van der Waals surface area contributed by atoms with Crippen molar-refractivity contribution >= 4 is 5.70 Å². The lowest BCUT2D eigenvalue weighted by atomic mass is 10.1. The van der Waals surface area contributed by atoms with Gasteiger partial charge in [0.1, 0.15) is 29.2 Å². The van der Waals surface area contributed by atoms with Crippen LogP contribution in [0.25, 0.3) is 5.70 Å². The minimum atomic E-state index is 0.0738. The molecule has 0 radical (unpaired) electrons. The lowest BCUT2D eigenvalue weighted by Gasteiger charge is -2.20. The number of hydrogen-bond acceptors (Lipinski definition) is 4. The Morgan fingerprint density at radius 3 is 2.30 bits per heavy atom. The van der Waals surface area contributed by atoms with E-state index in [4.69, 9.17) is 15.3 Å². The molecule has 4 nitrogen and oxygen atoms in total. The second-order valence-corrected chi connectivity index (χ2v) is 5.25. The van der Waals surface area contributed by atoms with E-state index in [1.165, 1.54) is 0 Å². The molecule has 0 N–H and O–H groups in total. The van der Waals surface area contributed by atoms with Gasteiger partial charge in [-0.25, -0.2) is 0 Å². The molecule has 0 unspecified atom stereocenters. The molecule has 1 heterocycles. The number of hydrogen-bond donors (Lipinski definition) is 0. The number of rotatable bonds is 3. The molecule has 0 atom stereocenters. The number of nitriles is 2. The van der Waals surface area contributed by atoms with Crippen molar-refractivity contribution in [2.45, 2.75) is 6.92 Å². The maximum Gasteiger partial charge on any atom is 0.137 e. The van der Waals surface area contributed by atoms with E-state index in [9.17, 15) is 0 Å². The zero-order valence-corrected chi connectivity index (χ0v) is 13.4. The monoisotopic (exact) mass is 303 g/mol. The molecule has 2 rings (SSSR count). The molecule has 0 fully saturated rings. The highest BCUT2D eigenvalue weighted by molar-refractivity contribution is 5.67. The molecule has 0 amide bonds. The largest absolute Gasteiger partial charge is 0.462 e. The van der Waals surface area contributed by atoms with Crippen molar-refractivity contribution in [2.75, 3.05) is 14.1 Å². The fourth-order valence-electron chi connectivity index (χ4n) is 2.24. The Balaban J connectivity index is 2.50. The smallest absolute Gasteiger partial charge is 0.137 e. The summed E-state index contributed by atoms with van der Waals surface area (Å²) in [4.78, 5) is 1.99. The van der Waals surface area contributed by atoms with Gasteiger partial charge in [-0.1, -0.05) is 30.3 Å². The average molecular weight is 303 g/mol. The molecule has 0 saturated carbocycles. The van der Waals surface area contributed by atoms with Gasteiger partial charge in [0, 0.05) is 31.4 Å². The van der Waals surface area contributed by atoms with Gasteiger partial charge in [-0.3, -0.25) is 0 Å². The van der Waals surface area contributed by atoms with Gasteiger partial charge in [0.2, 0.25) is 0 Å². The van der Waals surface area contributed by atoms with Crippen LogP contribution < -0.4 is 0 Å². The first-order chi connectivity index (χ1) is 11.0. The van der Waals surface area contributed by atoms with E-state index in [1.54, 1.807) is 19.1 Å². The SMILES string of the molecule is CC1=CC(=C(C#N)C#N)C=C(C=C(c2ccccc2)N(C)C)O1. The van der Waals surface area contributed by atoms with Crippen LogP contribution in [0.1, 0.15) is 12.5 Å². The highest BCUT2D eigenvalue weighted by atomic mass is 16.5. The van der Waals surface area contributed by atoms with Gasteiger partial charge in [-0.15, -0.1) is 0 Å². The molecular weight excluding hydrogens is 286 g/mol. The van der Waals surface area contributed by atoms with Crippen molar-refractivity contribution < 1.29 is 4.74 Å². The summed E-state index contributed by atoms with van der Waals surface area (Å²) in [5.74, 6) is 1.23. The first-order valence-corrected chi connectivity index (χ1v) is 7.12. The van der Waals surface area contributed by atoms with Crippen LogP contribution >= 0.6 is 0 Å². The van der Waals surface area contributed by atoms with E-state index in [0.717, 1.165) is 11.3 Å². The fraction of sp³-hybridized carbons (Fsp3) is 0.158. The third-order valence-electron chi connectivity index (χ3n) is 3.28. The van der Waals surface area contributed by atoms with Gasteiger partial charge in [-0.2, -0.15) is 10.5 Å². The van der Waals surface area contributed by atoms with E-state index in [-0.39, 0.29) is 5.57 Å². The van der Waals surface area contributed by atoms with E-state index < -0.39 is 0 Å². The normalized spacial score (nSPS) is 14.0. The van der Waals surface area contributed by atoms with Crippen molar-refractivity contribution in [3.05, 3.63) is 76.8 Å². The molecule has 0 bridgehead atoms. The topological polar surface area (TPSA) is 60.0 Å². The standard InChI is InChI=1S/C19H17N3O/c1-14-9-16(17(12-20)13-21)10-18(23-14)11-19(22(2)3)15-7-5-4-6-8-15/h4-11H,1-3H3. The second kappa shape index (κ2) is 7.15. The first-order valence-electron chi connectivity index (χ1n) is 7.12. The maximum absolute atomic E-state index is 9.05. The van der Waals surface area contributed by atoms with E-state index in [0.29, 0.717) is 17.1 Å². The molecule has 0 spiro atoms. The van der Waals surface area contributed by atoms with E-state index >= 15 is 0 Å². The molecule has 4 heteroatoms. The van der Waals surface area contributed by atoms with Crippen molar-refractivity contribution in [2.24, 2.45) is 0 Å². The van der Waals surface area contributed by atoms with Gasteiger partial charge in [0.25, 0.3) is 0 Å². The first kappa shape index (κ1) is 16.1. The average Bonchev–Trinajstić information content (AvgIpc) is 2.54. The summed E-state index contributed by atoms with van der Waals surface area (Å²) in [7, 11) is 3.91. The number of ether oxygens (including phenoxy) is 1. The van der Waals surface area contributed by atoms with E-state index in [1.807, 2.05) is 67.5 Å². The van der Waals surface area contributed by atoms with Crippen molar-refractivity contribution in [3.63, 3.8) is 0 Å². The number of allylic oxidation sites excluding steroid dienone is 6. The summed E-state index contributed by atoms with van der Waals surface area (Å²) in [6.45, 7) is 1.80. The molecule has 114 valence electrons. The van der Waals surface area contributed by atoms with Crippen molar-refractivity contribution in [3.8, 4) is 12.1 Å². The Morgan fingerprint density at radius 1 is 1.09 bits per heavy atom. The van der Waals surface area contributed by atoms with Crippen molar-refractivity contribution in [1.82, 2.24) is 4.90 Å². The second-order valence-electron chi connectivity index (χ2n) is 5.25. The molecular formula is C19H17N3O. The van der Waals surface area contributed by atoms with Crippen LogP contribution in [-0.2, 0) is 4.74 Å². The molecule has 1 aromatic rings. The van der Waals surface area contributed by atoms with Crippen LogP contribution in [-0.4, -0.2) is 19.0 Å². The quantitative estimate of drug-likeness (QED) is 0.798. The highest BCUT2D eigenvalue weighted by Crippen LogP contribution is 2.26. The molecule has 0 aliphatic carbocycles. The summed E-state index contributed by atoms with van der Waals surface area (Å²) in [6, 6.07) is 13.8. The van der Waals surface area contributed by atoms with Crippen LogP contribution in [0.5, 0.6) is 0 Å². The zero-order valence-electron chi connectivity index (χ0n) is 13.4. The Bertz CT molecular complexity index is 781. The molecule has 1 aromatic carbocycles. The minimum absolute atomic E-state index is 0.0738. The Hall–Kier alpha value is -3.24. The Morgan fingerprint density at radius 2 is 1.74 bits per heavy atom. The zero-order chi connectivity index (χ0) is 16.8. The summed E-state index contributed by atoms with van der Waals surface area (Å²) in [5.41, 5.74) is 2.67. The van der Waals surface area contributed by atoms with Gasteiger partial charge in [0.05, 0.1) is 0 Å². The van der Waals surface area contributed by atoms with E-state index in [2.05, 4.69) is 0 Å². The van der Waals surface area contributed by atoms with Crippen molar-refractivity contribution in [1.29, 1.82) is 10.5 Å². The third kappa shape index (κ3) is 3.90. The van der Waals surface area contributed by atoms with Gasteiger partial charge >= 0.3 is 0 Å². The summed E-state index contributed by atoms with van der Waals surface area (Å²) in [5, 5.41) is 18.1. The Labute approximate surface area is 136 Å². The number of nitrogens with zero attached hydrogens (tertiary/aromatic N) is 3. The molecule has 1 aliphatic rings. The maximum atomic E-state index is 9.05. The Kier molecular flexibility index (Phi) is 5.02. The van der Waals surface area contributed by atoms with Crippen LogP contribution in [0.2, 0.25) is 0 Å². The van der Waals surface area contributed by atoms with Crippen LogP contribution in [0, 0.1) is 22.7 Å². The predicted octanol–water partition coefficient (Wildman–Crippen LogP) is 3.75. The molecule has 23 heavy (non-hydrogen) atoms. The summed E-state index contributed by atoms with van der Waals surface area (Å²) >= 11 is 0. The fourth-order valence-corrected chi connectivity index (χ4v) is 2.24. The lowest BCUT2D eigenvalue weighted by Crippen LogP contribution is -2.11. The van der Waals surface area contributed by atoms with Crippen LogP contribution in [0.4, 0.5) is 0 Å². The minimum Gasteiger partial charge on any atom is -0.462 e. The number of benzene rings is 1. The van der Waals surface area contributed by atoms with Gasteiger partial charge < -0.3 is 9.64 Å². The molecule has 1 aliphatic heterocycles.